The number of carbonyl (C=O) groups excluding carboxylic acids is 2. The molecule has 0 bridgehead atoms. The Morgan fingerprint density at radius 1 is 0.885 bits per heavy atom. The second kappa shape index (κ2) is 8.43. The lowest BCUT2D eigenvalue weighted by Crippen LogP contribution is -2.51. The van der Waals surface area contributed by atoms with Crippen molar-refractivity contribution in [2.75, 3.05) is 19.7 Å². The number of aliphatic hydroxyl groups is 1. The van der Waals surface area contributed by atoms with Crippen LogP contribution in [0.2, 0.25) is 0 Å². The highest BCUT2D eigenvalue weighted by atomic mass is 19.2. The molecule has 0 radical (unpaired) electrons. The number of hydrogen-bond acceptors (Lipinski definition) is 3. The lowest BCUT2D eigenvalue weighted by molar-refractivity contribution is -0.134. The Bertz CT molecular complexity index is 677. The Kier molecular flexibility index (Phi) is 6.52. The number of nitrogens with one attached hydrogen (secondary N) is 1. The molecule has 0 aromatic heterocycles. The molecule has 1 unspecified atom stereocenters. The van der Waals surface area contributed by atoms with E-state index < -0.39 is 59.1 Å². The lowest BCUT2D eigenvalue weighted by atomic mass is 10.1. The van der Waals surface area contributed by atoms with E-state index in [1.807, 2.05) is 5.32 Å². The van der Waals surface area contributed by atoms with Crippen molar-refractivity contribution in [1.29, 1.82) is 0 Å². The summed E-state index contributed by atoms with van der Waals surface area (Å²) in [5, 5.41) is 11.2. The van der Waals surface area contributed by atoms with E-state index in [1.165, 1.54) is 4.90 Å². The Labute approximate surface area is 145 Å². The standard InChI is InChI=1S/C16H17F5N2O3/c17-10-9(11(18)13(20)14(21)12(10)19)15(25)22-8(7-24)16(26)23-5-3-1-2-4-6-23/h8,24H,1-7H2,(H,22,25). The summed E-state index contributed by atoms with van der Waals surface area (Å²) in [5.74, 6) is -13.9. The van der Waals surface area contributed by atoms with Crippen LogP contribution >= 0.6 is 0 Å². The van der Waals surface area contributed by atoms with Crippen molar-refractivity contribution in [3.63, 3.8) is 0 Å². The summed E-state index contributed by atoms with van der Waals surface area (Å²) in [6.45, 7) is -0.127. The van der Waals surface area contributed by atoms with Crippen LogP contribution < -0.4 is 5.32 Å². The van der Waals surface area contributed by atoms with Gasteiger partial charge < -0.3 is 15.3 Å². The molecule has 1 fully saturated rings. The highest BCUT2D eigenvalue weighted by Gasteiger charge is 2.32. The van der Waals surface area contributed by atoms with Gasteiger partial charge in [0, 0.05) is 13.1 Å². The van der Waals surface area contributed by atoms with Gasteiger partial charge in [-0.15, -0.1) is 0 Å². The van der Waals surface area contributed by atoms with Crippen LogP contribution in [0.1, 0.15) is 36.0 Å². The first-order valence-electron chi connectivity index (χ1n) is 8.01. The average Bonchev–Trinajstić information content (AvgIpc) is 2.91. The Balaban J connectivity index is 2.23. The van der Waals surface area contributed by atoms with Crippen LogP contribution in [0.4, 0.5) is 22.0 Å². The summed E-state index contributed by atoms with van der Waals surface area (Å²) in [5.41, 5.74) is -1.71. The maximum atomic E-state index is 13.7. The summed E-state index contributed by atoms with van der Waals surface area (Å²) in [6, 6.07) is -1.56. The van der Waals surface area contributed by atoms with E-state index in [4.69, 9.17) is 0 Å². The van der Waals surface area contributed by atoms with E-state index in [1.54, 1.807) is 0 Å². The minimum Gasteiger partial charge on any atom is -0.394 e. The van der Waals surface area contributed by atoms with Crippen molar-refractivity contribution < 1.29 is 36.6 Å². The van der Waals surface area contributed by atoms with Gasteiger partial charge in [-0.3, -0.25) is 9.59 Å². The molecule has 0 saturated carbocycles. The zero-order valence-corrected chi connectivity index (χ0v) is 13.6. The number of likely N-dealkylation sites (tertiary alicyclic amines) is 1. The van der Waals surface area contributed by atoms with E-state index in [0.29, 0.717) is 13.1 Å². The molecule has 0 spiro atoms. The molecule has 144 valence electrons. The molecule has 1 saturated heterocycles. The number of aliphatic hydroxyl groups excluding tert-OH is 1. The highest BCUT2D eigenvalue weighted by molar-refractivity contribution is 5.98. The third-order valence-corrected chi connectivity index (χ3v) is 4.14. The van der Waals surface area contributed by atoms with Gasteiger partial charge in [0.05, 0.1) is 6.61 Å². The van der Waals surface area contributed by atoms with Crippen LogP contribution in [0.5, 0.6) is 0 Å². The quantitative estimate of drug-likeness (QED) is 0.476. The molecule has 2 N–H and O–H groups in total. The predicted octanol–water partition coefficient (Wildman–Crippen LogP) is 1.88. The van der Waals surface area contributed by atoms with Crippen LogP contribution in [-0.2, 0) is 4.79 Å². The minimum absolute atomic E-state index is 0.383. The van der Waals surface area contributed by atoms with Gasteiger partial charge in [-0.25, -0.2) is 22.0 Å². The Morgan fingerprint density at radius 3 is 1.81 bits per heavy atom. The first-order chi connectivity index (χ1) is 12.3. The number of halogens is 5. The maximum absolute atomic E-state index is 13.7. The molecule has 10 heteroatoms. The summed E-state index contributed by atoms with van der Waals surface area (Å²) >= 11 is 0. The molecule has 1 aliphatic heterocycles. The largest absolute Gasteiger partial charge is 0.394 e. The van der Waals surface area contributed by atoms with Gasteiger partial charge in [-0.2, -0.15) is 0 Å². The number of amides is 2. The fourth-order valence-electron chi connectivity index (χ4n) is 2.73. The molecule has 1 aromatic carbocycles. The third kappa shape index (κ3) is 3.95. The zero-order chi connectivity index (χ0) is 19.4. The molecule has 1 aliphatic rings. The third-order valence-electron chi connectivity index (χ3n) is 4.14. The van der Waals surface area contributed by atoms with Gasteiger partial charge >= 0.3 is 0 Å². The average molecular weight is 380 g/mol. The normalized spacial score (nSPS) is 16.2. The monoisotopic (exact) mass is 380 g/mol. The van der Waals surface area contributed by atoms with Crippen molar-refractivity contribution in [1.82, 2.24) is 10.2 Å². The fourth-order valence-corrected chi connectivity index (χ4v) is 2.73. The number of benzene rings is 1. The van der Waals surface area contributed by atoms with Gasteiger partial charge in [-0.1, -0.05) is 12.8 Å². The number of nitrogens with zero attached hydrogens (tertiary/aromatic N) is 1. The zero-order valence-electron chi connectivity index (χ0n) is 13.6. The molecule has 1 atom stereocenters. The number of rotatable bonds is 4. The van der Waals surface area contributed by atoms with Gasteiger partial charge in [0.2, 0.25) is 11.7 Å². The van der Waals surface area contributed by atoms with Gasteiger partial charge in [0.25, 0.3) is 5.91 Å². The summed E-state index contributed by atoms with van der Waals surface area (Å²) in [4.78, 5) is 25.7. The minimum atomic E-state index is -2.39. The first kappa shape index (κ1) is 20.1. The van der Waals surface area contributed by atoms with E-state index in [2.05, 4.69) is 0 Å². The van der Waals surface area contributed by atoms with E-state index in [9.17, 15) is 36.6 Å². The van der Waals surface area contributed by atoms with Crippen molar-refractivity contribution in [2.45, 2.75) is 31.7 Å². The topological polar surface area (TPSA) is 69.6 Å². The summed E-state index contributed by atoms with van der Waals surface area (Å²) < 4.78 is 66.8. The molecule has 2 rings (SSSR count). The van der Waals surface area contributed by atoms with E-state index in [0.717, 1.165) is 25.7 Å². The molecule has 1 heterocycles. The molecular formula is C16H17F5N2O3. The Morgan fingerprint density at radius 2 is 1.35 bits per heavy atom. The second-order valence-electron chi connectivity index (χ2n) is 5.89. The van der Waals surface area contributed by atoms with Crippen molar-refractivity contribution in [2.24, 2.45) is 0 Å². The highest BCUT2D eigenvalue weighted by Crippen LogP contribution is 2.23. The summed E-state index contributed by atoms with van der Waals surface area (Å²) in [7, 11) is 0. The first-order valence-corrected chi connectivity index (χ1v) is 8.01. The van der Waals surface area contributed by atoms with Crippen LogP contribution in [-0.4, -0.2) is 47.6 Å². The van der Waals surface area contributed by atoms with Crippen LogP contribution in [0, 0.1) is 29.1 Å². The predicted molar refractivity (Wildman–Crippen MR) is 79.6 cm³/mol. The molecule has 0 aliphatic carbocycles. The molecule has 1 aromatic rings. The van der Waals surface area contributed by atoms with Crippen molar-refractivity contribution in [3.8, 4) is 0 Å². The molecule has 26 heavy (non-hydrogen) atoms. The smallest absolute Gasteiger partial charge is 0.258 e. The lowest BCUT2D eigenvalue weighted by Gasteiger charge is -2.25. The maximum Gasteiger partial charge on any atom is 0.258 e. The van der Waals surface area contributed by atoms with Crippen LogP contribution in [0.25, 0.3) is 0 Å². The van der Waals surface area contributed by atoms with Gasteiger partial charge in [0.15, 0.2) is 23.3 Å². The second-order valence-corrected chi connectivity index (χ2v) is 5.89. The summed E-state index contributed by atoms with van der Waals surface area (Å²) in [6.07, 6.45) is 3.25. The SMILES string of the molecule is O=C(NC(CO)C(=O)N1CCCCCC1)c1c(F)c(F)c(F)c(F)c1F. The Hall–Kier alpha value is -2.23. The molecule has 2 amide bonds. The number of carbonyl (C=O) groups is 2. The van der Waals surface area contributed by atoms with Crippen LogP contribution in [0.3, 0.4) is 0 Å². The van der Waals surface area contributed by atoms with Crippen LogP contribution in [0.15, 0.2) is 0 Å². The van der Waals surface area contributed by atoms with Crippen molar-refractivity contribution >= 4 is 11.8 Å². The fraction of sp³-hybridized carbons (Fsp3) is 0.500. The van der Waals surface area contributed by atoms with Gasteiger partial charge in [0.1, 0.15) is 11.6 Å². The van der Waals surface area contributed by atoms with Crippen molar-refractivity contribution in [3.05, 3.63) is 34.6 Å². The van der Waals surface area contributed by atoms with E-state index >= 15 is 0 Å². The molecular weight excluding hydrogens is 363 g/mol. The number of hydrogen-bond donors (Lipinski definition) is 2. The molecule has 5 nitrogen and oxygen atoms in total. The van der Waals surface area contributed by atoms with E-state index in [-0.39, 0.29) is 0 Å². The van der Waals surface area contributed by atoms with Gasteiger partial charge in [-0.05, 0) is 12.8 Å².